The lowest BCUT2D eigenvalue weighted by Crippen LogP contribution is -2.35. The molecular formula is C15H29B2O9P. The molecule has 2 aliphatic rings. The van der Waals surface area contributed by atoms with Gasteiger partial charge in [0.2, 0.25) is 0 Å². The molecule has 1 unspecified atom stereocenters. The molecule has 2 fully saturated rings. The Morgan fingerprint density at radius 3 is 2.19 bits per heavy atom. The summed E-state index contributed by atoms with van der Waals surface area (Å²) in [5.74, 6) is -0.559. The number of ether oxygens (including phenoxy) is 3. The third kappa shape index (κ3) is 5.35. The molecule has 27 heavy (non-hydrogen) atoms. The maximum atomic E-state index is 12.9. The summed E-state index contributed by atoms with van der Waals surface area (Å²) in [7, 11) is 1.03. The lowest BCUT2D eigenvalue weighted by Gasteiger charge is -2.26. The predicted octanol–water partition coefficient (Wildman–Crippen LogP) is -0.945. The number of carbonyl (C=O) groups excluding carboxylic acids is 1. The first-order chi connectivity index (χ1) is 12.6. The Labute approximate surface area is 161 Å². The maximum absolute atomic E-state index is 12.9. The molecule has 0 aliphatic carbocycles. The molecule has 12 heteroatoms. The van der Waals surface area contributed by atoms with E-state index in [9.17, 15) is 14.5 Å². The summed E-state index contributed by atoms with van der Waals surface area (Å²) in [4.78, 5) is 11.4. The van der Waals surface area contributed by atoms with E-state index in [4.69, 9.17) is 27.8 Å². The standard InChI is InChI=1S/C15H29B2O9P/c1-7-12(23-9(3)19)11(25-14(7)16)6-22-27(20,21-4)26-13-8(2)15(17)24-10(13)5-18/h7-8,10-15,18H,5-6,16-17H2,1-4H3/t7-,8-,10-,11-,12+,13+,14-,15-,27?/m1/s1. The van der Waals surface area contributed by atoms with Crippen molar-refractivity contribution >= 4 is 29.5 Å². The monoisotopic (exact) mass is 406 g/mol. The molecular weight excluding hydrogens is 377 g/mol. The van der Waals surface area contributed by atoms with Gasteiger partial charge in [0.25, 0.3) is 0 Å². The van der Waals surface area contributed by atoms with Gasteiger partial charge in [-0.3, -0.25) is 18.4 Å². The maximum Gasteiger partial charge on any atom is 0.474 e. The molecule has 0 spiro atoms. The van der Waals surface area contributed by atoms with Crippen LogP contribution in [0.25, 0.3) is 0 Å². The van der Waals surface area contributed by atoms with Gasteiger partial charge in [-0.25, -0.2) is 4.57 Å². The molecule has 0 saturated carbocycles. The molecule has 1 N–H and O–H groups in total. The van der Waals surface area contributed by atoms with Crippen LogP contribution in [0.15, 0.2) is 0 Å². The highest BCUT2D eigenvalue weighted by molar-refractivity contribution is 7.48. The second-order valence-electron chi connectivity index (χ2n) is 7.23. The van der Waals surface area contributed by atoms with Crippen molar-refractivity contribution < 1.29 is 42.2 Å². The molecule has 0 bridgehead atoms. The molecule has 9 nitrogen and oxygen atoms in total. The van der Waals surface area contributed by atoms with Gasteiger partial charge >= 0.3 is 13.8 Å². The number of phosphoric acid groups is 1. The van der Waals surface area contributed by atoms with E-state index in [0.717, 1.165) is 0 Å². The molecule has 2 heterocycles. The van der Waals surface area contributed by atoms with Crippen LogP contribution in [0.3, 0.4) is 0 Å². The number of rotatable bonds is 8. The summed E-state index contributed by atoms with van der Waals surface area (Å²) in [6.07, 6.45) is -2.35. The van der Waals surface area contributed by atoms with E-state index in [-0.39, 0.29) is 37.1 Å². The van der Waals surface area contributed by atoms with Gasteiger partial charge in [-0.05, 0) is 0 Å². The number of hydrogen-bond acceptors (Lipinski definition) is 9. The van der Waals surface area contributed by atoms with E-state index in [1.807, 2.05) is 29.5 Å². The van der Waals surface area contributed by atoms with E-state index in [2.05, 4.69) is 0 Å². The predicted molar refractivity (Wildman–Crippen MR) is 101 cm³/mol. The number of hydrogen-bond donors (Lipinski definition) is 1. The van der Waals surface area contributed by atoms with Crippen LogP contribution in [0.5, 0.6) is 0 Å². The average molecular weight is 406 g/mol. The summed E-state index contributed by atoms with van der Waals surface area (Å²) < 4.78 is 45.8. The lowest BCUT2D eigenvalue weighted by atomic mass is 9.86. The minimum Gasteiger partial charge on any atom is -0.459 e. The van der Waals surface area contributed by atoms with Crippen LogP contribution in [0, 0.1) is 11.8 Å². The zero-order valence-electron chi connectivity index (χ0n) is 16.7. The highest BCUT2D eigenvalue weighted by Gasteiger charge is 2.47. The number of phosphoric ester groups is 1. The Balaban J connectivity index is 2.02. The van der Waals surface area contributed by atoms with E-state index in [1.54, 1.807) is 0 Å². The van der Waals surface area contributed by atoms with E-state index in [0.29, 0.717) is 0 Å². The molecule has 0 aromatic rings. The first-order valence-electron chi connectivity index (χ1n) is 9.19. The highest BCUT2D eigenvalue weighted by Crippen LogP contribution is 2.53. The number of esters is 1. The lowest BCUT2D eigenvalue weighted by molar-refractivity contribution is -0.151. The van der Waals surface area contributed by atoms with Crippen LogP contribution >= 0.6 is 7.82 Å². The molecule has 154 valence electrons. The van der Waals surface area contributed by atoms with Gasteiger partial charge < -0.3 is 19.3 Å². The molecule has 0 radical (unpaired) electrons. The van der Waals surface area contributed by atoms with Gasteiger partial charge in [0, 0.05) is 37.9 Å². The molecule has 2 saturated heterocycles. The number of aliphatic hydroxyl groups excluding tert-OH is 1. The zero-order chi connectivity index (χ0) is 20.4. The second kappa shape index (κ2) is 9.39. The zero-order valence-corrected chi connectivity index (χ0v) is 17.6. The largest absolute Gasteiger partial charge is 0.474 e. The first-order valence-corrected chi connectivity index (χ1v) is 10.7. The molecule has 9 atom stereocenters. The Morgan fingerprint density at radius 1 is 1.11 bits per heavy atom. The van der Waals surface area contributed by atoms with Crippen molar-refractivity contribution in [3.8, 4) is 0 Å². The topological polar surface area (TPSA) is 110 Å². The first kappa shape index (κ1) is 22.9. The van der Waals surface area contributed by atoms with Crippen molar-refractivity contribution in [2.75, 3.05) is 20.3 Å². The van der Waals surface area contributed by atoms with E-state index >= 15 is 0 Å². The fraction of sp³-hybridized carbons (Fsp3) is 0.933. The van der Waals surface area contributed by atoms with Crippen LogP contribution in [-0.4, -0.2) is 83.5 Å². The SMILES string of the molecule is B[C@@H]1O[C@H](COP(=O)(OC)O[C@H]2[C@@H](C)[C@H](B)O[C@@H]2CO)[C@@H](OC(C)=O)[C@H]1C. The highest BCUT2D eigenvalue weighted by atomic mass is 31.2. The van der Waals surface area contributed by atoms with Gasteiger partial charge in [-0.15, -0.1) is 0 Å². The average Bonchev–Trinajstić information content (AvgIpc) is 3.04. The van der Waals surface area contributed by atoms with Crippen LogP contribution in [-0.2, 0) is 37.1 Å². The fourth-order valence-corrected chi connectivity index (χ4v) is 4.63. The number of carbonyl (C=O) groups is 1. The Kier molecular flexibility index (Phi) is 7.96. The normalized spacial score (nSPS) is 41.4. The smallest absolute Gasteiger partial charge is 0.459 e. The van der Waals surface area contributed by atoms with Gasteiger partial charge in [-0.1, -0.05) is 13.8 Å². The fourth-order valence-electron chi connectivity index (χ4n) is 3.43. The summed E-state index contributed by atoms with van der Waals surface area (Å²) in [6.45, 7) is 4.73. The number of aliphatic hydroxyl groups is 1. The van der Waals surface area contributed by atoms with Gasteiger partial charge in [-0.2, -0.15) is 0 Å². The van der Waals surface area contributed by atoms with Crippen LogP contribution in [0.4, 0.5) is 0 Å². The second-order valence-corrected chi connectivity index (χ2v) is 8.96. The molecule has 2 aliphatic heterocycles. The van der Waals surface area contributed by atoms with Crippen molar-refractivity contribution in [2.45, 2.75) is 57.2 Å². The van der Waals surface area contributed by atoms with Crippen LogP contribution < -0.4 is 0 Å². The molecule has 0 aromatic carbocycles. The van der Waals surface area contributed by atoms with Crippen molar-refractivity contribution in [2.24, 2.45) is 11.8 Å². The minimum absolute atomic E-state index is 0.0341. The van der Waals surface area contributed by atoms with E-state index in [1.165, 1.54) is 14.0 Å². The van der Waals surface area contributed by atoms with Crippen molar-refractivity contribution in [3.63, 3.8) is 0 Å². The van der Waals surface area contributed by atoms with Crippen molar-refractivity contribution in [1.29, 1.82) is 0 Å². The quantitative estimate of drug-likeness (QED) is 0.310. The van der Waals surface area contributed by atoms with Gasteiger partial charge in [0.15, 0.2) is 0 Å². The molecule has 0 amide bonds. The van der Waals surface area contributed by atoms with Crippen LogP contribution in [0.2, 0.25) is 0 Å². The molecule has 2 rings (SSSR count). The summed E-state index contributed by atoms with van der Waals surface area (Å²) in [5, 5.41) is 9.48. The Hall–Kier alpha value is -0.410. The Bertz CT molecular complexity index is 565. The van der Waals surface area contributed by atoms with Gasteiger partial charge in [0.05, 0.1) is 13.2 Å². The molecule has 0 aromatic heterocycles. The summed E-state index contributed by atoms with van der Waals surface area (Å²) in [5.41, 5.74) is 0. The summed E-state index contributed by atoms with van der Waals surface area (Å²) >= 11 is 0. The third-order valence-electron chi connectivity index (χ3n) is 5.38. The van der Waals surface area contributed by atoms with E-state index < -0.39 is 38.2 Å². The Morgan fingerprint density at radius 2 is 1.67 bits per heavy atom. The van der Waals surface area contributed by atoms with Crippen molar-refractivity contribution in [3.05, 3.63) is 0 Å². The summed E-state index contributed by atoms with van der Waals surface area (Å²) in [6, 6.07) is -0.306. The van der Waals surface area contributed by atoms with Crippen molar-refractivity contribution in [1.82, 2.24) is 0 Å². The third-order valence-corrected chi connectivity index (χ3v) is 6.80. The van der Waals surface area contributed by atoms with Gasteiger partial charge in [0.1, 0.15) is 40.1 Å². The van der Waals surface area contributed by atoms with Crippen LogP contribution in [0.1, 0.15) is 20.8 Å². The minimum atomic E-state index is -3.93.